The van der Waals surface area contributed by atoms with Gasteiger partial charge in [0.2, 0.25) is 5.88 Å². The summed E-state index contributed by atoms with van der Waals surface area (Å²) in [6, 6.07) is 4.02. The lowest BCUT2D eigenvalue weighted by molar-refractivity contribution is 0.279. The minimum absolute atomic E-state index is 0.671. The molecule has 0 amide bonds. The molecule has 3 nitrogen and oxygen atoms in total. The van der Waals surface area contributed by atoms with Crippen molar-refractivity contribution in [3.05, 3.63) is 23.4 Å². The van der Waals surface area contributed by atoms with Gasteiger partial charge in [-0.05, 0) is 31.9 Å². The molecule has 0 bridgehead atoms. The summed E-state index contributed by atoms with van der Waals surface area (Å²) in [7, 11) is 1.94. The van der Waals surface area contributed by atoms with Gasteiger partial charge in [-0.25, -0.2) is 4.98 Å². The summed E-state index contributed by atoms with van der Waals surface area (Å²) in [6.07, 6.45) is 1.07. The Bertz CT molecular complexity index is 324. The maximum absolute atomic E-state index is 5.60. The van der Waals surface area contributed by atoms with Crippen LogP contribution in [0.15, 0.2) is 12.1 Å². The first-order valence-electron chi connectivity index (χ1n) is 5.87. The number of hydrogen-bond donors (Lipinski definition) is 1. The molecule has 0 aliphatic heterocycles. The van der Waals surface area contributed by atoms with E-state index in [1.165, 1.54) is 5.56 Å². The minimum atomic E-state index is 0.671. The molecule has 0 spiro atoms. The van der Waals surface area contributed by atoms with Gasteiger partial charge in [-0.15, -0.1) is 0 Å². The molecule has 90 valence electrons. The Labute approximate surface area is 98.2 Å². The van der Waals surface area contributed by atoms with Gasteiger partial charge in [-0.3, -0.25) is 0 Å². The van der Waals surface area contributed by atoms with Crippen molar-refractivity contribution in [1.82, 2.24) is 10.3 Å². The zero-order valence-corrected chi connectivity index (χ0v) is 10.7. The topological polar surface area (TPSA) is 34.1 Å². The summed E-state index contributed by atoms with van der Waals surface area (Å²) in [5.74, 6) is 1.41. The molecule has 1 rings (SSSR count). The third-order valence-corrected chi connectivity index (χ3v) is 2.48. The number of rotatable bonds is 6. The molecule has 1 N–H and O–H groups in total. The second-order valence-electron chi connectivity index (χ2n) is 4.46. The highest BCUT2D eigenvalue weighted by atomic mass is 16.5. The molecule has 0 aliphatic rings. The highest BCUT2D eigenvalue weighted by molar-refractivity contribution is 5.24. The van der Waals surface area contributed by atoms with Gasteiger partial charge in [-0.2, -0.15) is 0 Å². The van der Waals surface area contributed by atoms with E-state index in [0.29, 0.717) is 5.92 Å². The third-order valence-electron chi connectivity index (χ3n) is 2.48. The SMILES string of the molecule is CNCc1ccc(OCCC(C)C)nc1C. The number of nitrogens with one attached hydrogen (secondary N) is 1. The van der Waals surface area contributed by atoms with E-state index >= 15 is 0 Å². The molecule has 0 saturated heterocycles. The largest absolute Gasteiger partial charge is 0.478 e. The Morgan fingerprint density at radius 2 is 2.12 bits per heavy atom. The minimum Gasteiger partial charge on any atom is -0.478 e. The van der Waals surface area contributed by atoms with Gasteiger partial charge >= 0.3 is 0 Å². The Morgan fingerprint density at radius 1 is 1.38 bits per heavy atom. The average Bonchev–Trinajstić information content (AvgIpc) is 2.21. The molecular weight excluding hydrogens is 200 g/mol. The van der Waals surface area contributed by atoms with E-state index < -0.39 is 0 Å². The number of aromatic nitrogens is 1. The van der Waals surface area contributed by atoms with Crippen molar-refractivity contribution in [2.24, 2.45) is 5.92 Å². The number of nitrogens with zero attached hydrogens (tertiary/aromatic N) is 1. The summed E-state index contributed by atoms with van der Waals surface area (Å²) < 4.78 is 5.60. The Hall–Kier alpha value is -1.09. The Morgan fingerprint density at radius 3 is 2.69 bits per heavy atom. The van der Waals surface area contributed by atoms with Crippen molar-refractivity contribution in [3.63, 3.8) is 0 Å². The molecule has 1 aromatic rings. The van der Waals surface area contributed by atoms with Crippen molar-refractivity contribution in [3.8, 4) is 5.88 Å². The van der Waals surface area contributed by atoms with Crippen LogP contribution in [0.25, 0.3) is 0 Å². The van der Waals surface area contributed by atoms with Crippen LogP contribution in [0.1, 0.15) is 31.5 Å². The monoisotopic (exact) mass is 222 g/mol. The molecule has 0 fully saturated rings. The van der Waals surface area contributed by atoms with Crippen molar-refractivity contribution in [1.29, 1.82) is 0 Å². The maximum Gasteiger partial charge on any atom is 0.213 e. The third kappa shape index (κ3) is 4.19. The van der Waals surface area contributed by atoms with Crippen LogP contribution in [0, 0.1) is 12.8 Å². The lowest BCUT2D eigenvalue weighted by Gasteiger charge is -2.09. The lowest BCUT2D eigenvalue weighted by atomic mass is 10.1. The number of ether oxygens (including phenoxy) is 1. The fourth-order valence-electron chi connectivity index (χ4n) is 1.42. The summed E-state index contributed by atoms with van der Waals surface area (Å²) >= 11 is 0. The predicted octanol–water partition coefficient (Wildman–Crippen LogP) is 2.53. The average molecular weight is 222 g/mol. The van der Waals surface area contributed by atoms with Crippen LogP contribution in [0.5, 0.6) is 5.88 Å². The van der Waals surface area contributed by atoms with Crippen molar-refractivity contribution in [2.75, 3.05) is 13.7 Å². The number of aryl methyl sites for hydroxylation is 1. The van der Waals surface area contributed by atoms with E-state index in [4.69, 9.17) is 4.74 Å². The molecule has 1 heterocycles. The van der Waals surface area contributed by atoms with Crippen molar-refractivity contribution < 1.29 is 4.74 Å². The molecular formula is C13H22N2O. The summed E-state index contributed by atoms with van der Waals surface area (Å²) in [5, 5.41) is 3.12. The standard InChI is InChI=1S/C13H22N2O/c1-10(2)7-8-16-13-6-5-12(9-14-4)11(3)15-13/h5-6,10,14H,7-9H2,1-4H3. The van der Waals surface area contributed by atoms with Gasteiger partial charge in [0.1, 0.15) is 0 Å². The molecule has 0 aliphatic carbocycles. The van der Waals surface area contributed by atoms with Crippen LogP contribution in [0.2, 0.25) is 0 Å². The zero-order valence-electron chi connectivity index (χ0n) is 10.7. The van der Waals surface area contributed by atoms with E-state index in [9.17, 15) is 0 Å². The van der Waals surface area contributed by atoms with Crippen molar-refractivity contribution >= 4 is 0 Å². The van der Waals surface area contributed by atoms with Gasteiger partial charge in [0.05, 0.1) is 6.61 Å². The van der Waals surface area contributed by atoms with E-state index in [1.807, 2.05) is 20.0 Å². The first-order valence-corrected chi connectivity index (χ1v) is 5.87. The Balaban J connectivity index is 2.52. The van der Waals surface area contributed by atoms with Crippen molar-refractivity contribution in [2.45, 2.75) is 33.7 Å². The quantitative estimate of drug-likeness (QED) is 0.803. The second kappa shape index (κ2) is 6.48. The van der Waals surface area contributed by atoms with Gasteiger partial charge in [0.25, 0.3) is 0 Å². The highest BCUT2D eigenvalue weighted by Crippen LogP contribution is 2.13. The smallest absolute Gasteiger partial charge is 0.213 e. The van der Waals surface area contributed by atoms with Crippen LogP contribution in [0.4, 0.5) is 0 Å². The molecule has 0 radical (unpaired) electrons. The van der Waals surface area contributed by atoms with Crippen LogP contribution in [0.3, 0.4) is 0 Å². The van der Waals surface area contributed by atoms with E-state index in [2.05, 4.69) is 30.2 Å². The highest BCUT2D eigenvalue weighted by Gasteiger charge is 2.02. The van der Waals surface area contributed by atoms with E-state index in [0.717, 1.165) is 31.1 Å². The van der Waals surface area contributed by atoms with E-state index in [-0.39, 0.29) is 0 Å². The predicted molar refractivity (Wildman–Crippen MR) is 66.7 cm³/mol. The van der Waals surface area contributed by atoms with E-state index in [1.54, 1.807) is 0 Å². The van der Waals surface area contributed by atoms with Gasteiger partial charge in [0, 0.05) is 18.3 Å². The van der Waals surface area contributed by atoms with Gasteiger partial charge in [-0.1, -0.05) is 19.9 Å². The normalized spacial score (nSPS) is 10.8. The molecule has 16 heavy (non-hydrogen) atoms. The lowest BCUT2D eigenvalue weighted by Crippen LogP contribution is -2.08. The van der Waals surface area contributed by atoms with Crippen LogP contribution in [-0.4, -0.2) is 18.6 Å². The molecule has 0 aromatic carbocycles. The zero-order chi connectivity index (χ0) is 12.0. The fourth-order valence-corrected chi connectivity index (χ4v) is 1.42. The van der Waals surface area contributed by atoms with Gasteiger partial charge < -0.3 is 10.1 Å². The summed E-state index contributed by atoms with van der Waals surface area (Å²) in [6.45, 7) is 8.00. The maximum atomic E-state index is 5.60. The summed E-state index contributed by atoms with van der Waals surface area (Å²) in [5.41, 5.74) is 2.26. The fraction of sp³-hybridized carbons (Fsp3) is 0.615. The molecule has 0 atom stereocenters. The van der Waals surface area contributed by atoms with Crippen LogP contribution < -0.4 is 10.1 Å². The second-order valence-corrected chi connectivity index (χ2v) is 4.46. The first kappa shape index (κ1) is 13.0. The molecule has 0 unspecified atom stereocenters. The first-order chi connectivity index (χ1) is 7.63. The number of pyridine rings is 1. The number of hydrogen-bond acceptors (Lipinski definition) is 3. The molecule has 0 saturated carbocycles. The molecule has 3 heteroatoms. The van der Waals surface area contributed by atoms with Crippen LogP contribution >= 0.6 is 0 Å². The summed E-state index contributed by atoms with van der Waals surface area (Å²) in [4.78, 5) is 4.43. The van der Waals surface area contributed by atoms with Gasteiger partial charge in [0.15, 0.2) is 0 Å². The molecule has 1 aromatic heterocycles. The Kier molecular flexibility index (Phi) is 5.26. The van der Waals surface area contributed by atoms with Crippen LogP contribution in [-0.2, 0) is 6.54 Å².